The fourth-order valence-electron chi connectivity index (χ4n) is 2.97. The average molecular weight is 353 g/mol. The summed E-state index contributed by atoms with van der Waals surface area (Å²) in [5.41, 5.74) is 0. The topological polar surface area (TPSA) is 87.3 Å². The molecule has 1 aromatic carbocycles. The van der Waals surface area contributed by atoms with E-state index in [4.69, 9.17) is 0 Å². The first-order valence-corrected chi connectivity index (χ1v) is 9.99. The van der Waals surface area contributed by atoms with Crippen molar-refractivity contribution < 1.29 is 13.2 Å². The van der Waals surface area contributed by atoms with Crippen molar-refractivity contribution in [2.45, 2.75) is 31.1 Å². The molecule has 1 aliphatic heterocycles. The summed E-state index contributed by atoms with van der Waals surface area (Å²) in [5, 5.41) is 6.16. The van der Waals surface area contributed by atoms with Crippen LogP contribution in [0.2, 0.25) is 0 Å². The zero-order valence-corrected chi connectivity index (χ0v) is 14.9. The number of piperidine rings is 1. The number of carbonyl (C=O) groups is 1. The van der Waals surface area contributed by atoms with Crippen molar-refractivity contribution in [1.82, 2.24) is 15.4 Å². The Kier molecular flexibility index (Phi) is 7.20. The second kappa shape index (κ2) is 9.15. The van der Waals surface area contributed by atoms with Gasteiger partial charge in [-0.15, -0.1) is 0 Å². The third-order valence-corrected chi connectivity index (χ3v) is 5.92. The molecule has 1 aromatic rings. The van der Waals surface area contributed by atoms with Crippen molar-refractivity contribution in [2.75, 3.05) is 26.2 Å². The van der Waals surface area contributed by atoms with Gasteiger partial charge in [0.1, 0.15) is 0 Å². The highest BCUT2D eigenvalue weighted by Crippen LogP contribution is 2.22. The first-order chi connectivity index (χ1) is 11.5. The van der Waals surface area contributed by atoms with Gasteiger partial charge in [0.05, 0.1) is 4.90 Å². The van der Waals surface area contributed by atoms with Gasteiger partial charge in [-0.1, -0.05) is 25.1 Å². The Hall–Kier alpha value is -1.44. The standard InChI is InChI=1S/C17H27N3O3S/c1-14(15-6-5-9-18-13-15)12-17(21)19-10-11-20-24(22,23)16-7-3-2-4-8-16/h2-4,7-8,14-15,18,20H,5-6,9-13H2,1H3,(H,19,21). The Morgan fingerprint density at radius 1 is 1.29 bits per heavy atom. The predicted molar refractivity (Wildman–Crippen MR) is 94.0 cm³/mol. The molecule has 1 saturated heterocycles. The lowest BCUT2D eigenvalue weighted by Crippen LogP contribution is -2.37. The molecule has 2 rings (SSSR count). The van der Waals surface area contributed by atoms with Crippen LogP contribution in [0.5, 0.6) is 0 Å². The van der Waals surface area contributed by atoms with E-state index in [2.05, 4.69) is 22.3 Å². The molecule has 7 heteroatoms. The van der Waals surface area contributed by atoms with Gasteiger partial charge in [-0.25, -0.2) is 13.1 Å². The zero-order valence-electron chi connectivity index (χ0n) is 14.1. The number of rotatable bonds is 8. The summed E-state index contributed by atoms with van der Waals surface area (Å²) in [6, 6.07) is 8.21. The van der Waals surface area contributed by atoms with Crippen LogP contribution in [0.1, 0.15) is 26.2 Å². The molecule has 2 atom stereocenters. The second-order valence-electron chi connectivity index (χ2n) is 6.35. The first kappa shape index (κ1) is 18.9. The number of nitrogens with one attached hydrogen (secondary N) is 3. The van der Waals surface area contributed by atoms with Crippen LogP contribution in [0.25, 0.3) is 0 Å². The summed E-state index contributed by atoms with van der Waals surface area (Å²) < 4.78 is 26.6. The van der Waals surface area contributed by atoms with Crippen LogP contribution in [0.3, 0.4) is 0 Å². The van der Waals surface area contributed by atoms with Gasteiger partial charge in [0.15, 0.2) is 0 Å². The van der Waals surface area contributed by atoms with Gasteiger partial charge >= 0.3 is 0 Å². The number of amides is 1. The van der Waals surface area contributed by atoms with E-state index in [1.807, 2.05) is 0 Å². The van der Waals surface area contributed by atoms with Crippen molar-refractivity contribution in [3.05, 3.63) is 30.3 Å². The predicted octanol–water partition coefficient (Wildman–Crippen LogP) is 1.11. The highest BCUT2D eigenvalue weighted by molar-refractivity contribution is 7.89. The fraction of sp³-hybridized carbons (Fsp3) is 0.588. The molecule has 1 fully saturated rings. The summed E-state index contributed by atoms with van der Waals surface area (Å²) in [4.78, 5) is 12.2. The molecule has 1 aliphatic rings. The molecule has 0 spiro atoms. The smallest absolute Gasteiger partial charge is 0.240 e. The third-order valence-electron chi connectivity index (χ3n) is 4.44. The van der Waals surface area contributed by atoms with Crippen LogP contribution in [0.4, 0.5) is 0 Å². The van der Waals surface area contributed by atoms with Crippen LogP contribution >= 0.6 is 0 Å². The minimum absolute atomic E-state index is 0.0213. The minimum atomic E-state index is -3.51. The van der Waals surface area contributed by atoms with E-state index in [9.17, 15) is 13.2 Å². The van der Waals surface area contributed by atoms with E-state index < -0.39 is 10.0 Å². The van der Waals surface area contributed by atoms with Gasteiger partial charge in [-0.05, 0) is 49.9 Å². The van der Waals surface area contributed by atoms with Crippen LogP contribution in [0.15, 0.2) is 35.2 Å². The van der Waals surface area contributed by atoms with E-state index in [0.29, 0.717) is 24.8 Å². The molecular formula is C17H27N3O3S. The Balaban J connectivity index is 1.67. The van der Waals surface area contributed by atoms with Crippen molar-refractivity contribution >= 4 is 15.9 Å². The molecule has 0 saturated carbocycles. The molecule has 3 N–H and O–H groups in total. The molecule has 2 unspecified atom stereocenters. The fourth-order valence-corrected chi connectivity index (χ4v) is 4.02. The van der Waals surface area contributed by atoms with Gasteiger partial charge < -0.3 is 10.6 Å². The molecule has 1 heterocycles. The van der Waals surface area contributed by atoms with Crippen LogP contribution in [-0.4, -0.2) is 40.5 Å². The zero-order chi connectivity index (χ0) is 17.4. The van der Waals surface area contributed by atoms with E-state index in [1.54, 1.807) is 30.3 Å². The van der Waals surface area contributed by atoms with E-state index >= 15 is 0 Å². The average Bonchev–Trinajstić information content (AvgIpc) is 2.60. The van der Waals surface area contributed by atoms with Gasteiger partial charge in [-0.3, -0.25) is 4.79 Å². The lowest BCUT2D eigenvalue weighted by Gasteiger charge is -2.28. The number of hydrogen-bond donors (Lipinski definition) is 3. The second-order valence-corrected chi connectivity index (χ2v) is 8.12. The van der Waals surface area contributed by atoms with E-state index in [-0.39, 0.29) is 17.3 Å². The first-order valence-electron chi connectivity index (χ1n) is 8.51. The normalized spacial score (nSPS) is 19.6. The van der Waals surface area contributed by atoms with Crippen molar-refractivity contribution in [1.29, 1.82) is 0 Å². The van der Waals surface area contributed by atoms with E-state index in [1.165, 1.54) is 6.42 Å². The lowest BCUT2D eigenvalue weighted by molar-refractivity contribution is -0.122. The summed E-state index contributed by atoms with van der Waals surface area (Å²) in [7, 11) is -3.51. The quantitative estimate of drug-likeness (QED) is 0.611. The number of sulfonamides is 1. The summed E-state index contributed by atoms with van der Waals surface area (Å²) in [6.45, 7) is 4.63. The molecule has 1 amide bonds. The summed E-state index contributed by atoms with van der Waals surface area (Å²) in [5.74, 6) is 0.854. The van der Waals surface area contributed by atoms with Crippen molar-refractivity contribution in [2.24, 2.45) is 11.8 Å². The number of benzene rings is 1. The van der Waals surface area contributed by atoms with Crippen LogP contribution in [0, 0.1) is 11.8 Å². The van der Waals surface area contributed by atoms with Crippen LogP contribution < -0.4 is 15.4 Å². The SMILES string of the molecule is CC(CC(=O)NCCNS(=O)(=O)c1ccccc1)C1CCCNC1. The highest BCUT2D eigenvalue weighted by atomic mass is 32.2. The molecular weight excluding hydrogens is 326 g/mol. The summed E-state index contributed by atoms with van der Waals surface area (Å²) >= 11 is 0. The van der Waals surface area contributed by atoms with Gasteiger partial charge in [0.25, 0.3) is 0 Å². The number of carbonyl (C=O) groups excluding carboxylic acids is 1. The summed E-state index contributed by atoms with van der Waals surface area (Å²) in [6.07, 6.45) is 2.81. The van der Waals surface area contributed by atoms with E-state index in [0.717, 1.165) is 19.5 Å². The lowest BCUT2D eigenvalue weighted by atomic mass is 9.85. The third kappa shape index (κ3) is 5.89. The van der Waals surface area contributed by atoms with Gasteiger partial charge in [0.2, 0.25) is 15.9 Å². The van der Waals surface area contributed by atoms with Gasteiger partial charge in [0, 0.05) is 19.5 Å². The van der Waals surface area contributed by atoms with Crippen molar-refractivity contribution in [3.8, 4) is 0 Å². The largest absolute Gasteiger partial charge is 0.355 e. The Morgan fingerprint density at radius 2 is 2.04 bits per heavy atom. The maximum atomic E-state index is 12.0. The highest BCUT2D eigenvalue weighted by Gasteiger charge is 2.21. The monoisotopic (exact) mass is 353 g/mol. The Morgan fingerprint density at radius 3 is 2.71 bits per heavy atom. The molecule has 0 bridgehead atoms. The molecule has 24 heavy (non-hydrogen) atoms. The molecule has 0 radical (unpaired) electrons. The maximum Gasteiger partial charge on any atom is 0.240 e. The van der Waals surface area contributed by atoms with Crippen molar-refractivity contribution in [3.63, 3.8) is 0 Å². The Labute approximate surface area is 144 Å². The molecule has 134 valence electrons. The molecule has 0 aromatic heterocycles. The number of hydrogen-bond acceptors (Lipinski definition) is 4. The minimum Gasteiger partial charge on any atom is -0.355 e. The maximum absolute atomic E-state index is 12.0. The Bertz CT molecular complexity index is 613. The molecule has 0 aliphatic carbocycles. The van der Waals surface area contributed by atoms with Gasteiger partial charge in [-0.2, -0.15) is 0 Å². The van der Waals surface area contributed by atoms with Crippen LogP contribution in [-0.2, 0) is 14.8 Å². The molecule has 6 nitrogen and oxygen atoms in total.